The van der Waals surface area contributed by atoms with Gasteiger partial charge in [-0.1, -0.05) is 24.3 Å². The molecule has 5 rings (SSSR count). The second-order valence-electron chi connectivity index (χ2n) is 7.65. The number of morpholine rings is 1. The predicted octanol–water partition coefficient (Wildman–Crippen LogP) is 4.37. The highest BCUT2D eigenvalue weighted by Gasteiger charge is 2.19. The summed E-state index contributed by atoms with van der Waals surface area (Å²) in [6.07, 6.45) is 3.40. The van der Waals surface area contributed by atoms with Gasteiger partial charge in [0.2, 0.25) is 0 Å². The lowest BCUT2D eigenvalue weighted by molar-refractivity contribution is 0.0303. The lowest BCUT2D eigenvalue weighted by Crippen LogP contribution is -2.40. The molecule has 1 atom stereocenters. The van der Waals surface area contributed by atoms with Gasteiger partial charge in [-0.25, -0.2) is 0 Å². The number of fused-ring (bicyclic) bond motifs is 1. The third-order valence-electron chi connectivity index (χ3n) is 5.60. The lowest BCUT2D eigenvalue weighted by Gasteiger charge is -2.27. The van der Waals surface area contributed by atoms with E-state index in [9.17, 15) is 9.00 Å². The van der Waals surface area contributed by atoms with Crippen LogP contribution in [-0.4, -0.2) is 52.6 Å². The molecule has 0 aliphatic carbocycles. The van der Waals surface area contributed by atoms with Gasteiger partial charge in [-0.15, -0.1) is 0 Å². The molecular weight excluding hydrogens is 424 g/mol. The molecule has 0 N–H and O–H groups in total. The molecule has 0 radical (unpaired) electrons. The molecule has 2 aromatic heterocycles. The van der Waals surface area contributed by atoms with Gasteiger partial charge in [0.15, 0.2) is 5.58 Å². The third kappa shape index (κ3) is 3.97. The van der Waals surface area contributed by atoms with Crippen LogP contribution in [-0.2, 0) is 15.5 Å². The Morgan fingerprint density at radius 3 is 2.53 bits per heavy atom. The molecule has 0 spiro atoms. The zero-order valence-electron chi connectivity index (χ0n) is 17.6. The van der Waals surface area contributed by atoms with Crippen molar-refractivity contribution < 1.29 is 18.2 Å². The maximum absolute atomic E-state index is 12.9. The number of carbonyl (C=O) groups is 1. The normalized spacial score (nSPS) is 15.1. The molecule has 32 heavy (non-hydrogen) atoms. The maximum atomic E-state index is 12.9. The predicted molar refractivity (Wildman–Crippen MR) is 124 cm³/mol. The Labute approximate surface area is 188 Å². The SMILES string of the molecule is CS(=O)c1ccc(-c2cc3nccc(-c4cccc(C(=O)N5CCOCC5)c4)c3o2)cc1. The fraction of sp³-hybridized carbons (Fsp3) is 0.200. The number of carbonyl (C=O) groups excluding carboxylic acids is 1. The van der Waals surface area contributed by atoms with Gasteiger partial charge in [-0.05, 0) is 35.9 Å². The Hall–Kier alpha value is -3.29. The van der Waals surface area contributed by atoms with Crippen molar-refractivity contribution in [1.82, 2.24) is 9.88 Å². The van der Waals surface area contributed by atoms with E-state index in [1.165, 1.54) is 0 Å². The van der Waals surface area contributed by atoms with Crippen LogP contribution >= 0.6 is 0 Å². The highest BCUT2D eigenvalue weighted by Crippen LogP contribution is 2.34. The van der Waals surface area contributed by atoms with Crippen molar-refractivity contribution in [2.24, 2.45) is 0 Å². The molecule has 0 bridgehead atoms. The van der Waals surface area contributed by atoms with Crippen molar-refractivity contribution in [2.75, 3.05) is 32.6 Å². The third-order valence-corrected chi connectivity index (χ3v) is 6.54. The van der Waals surface area contributed by atoms with Gasteiger partial charge in [0.05, 0.1) is 13.2 Å². The van der Waals surface area contributed by atoms with Crippen LogP contribution < -0.4 is 0 Å². The van der Waals surface area contributed by atoms with Crippen LogP contribution in [0.1, 0.15) is 10.4 Å². The monoisotopic (exact) mass is 446 g/mol. The van der Waals surface area contributed by atoms with E-state index in [0.717, 1.165) is 27.1 Å². The van der Waals surface area contributed by atoms with Crippen molar-refractivity contribution in [2.45, 2.75) is 4.90 Å². The van der Waals surface area contributed by atoms with E-state index in [0.29, 0.717) is 43.2 Å². The van der Waals surface area contributed by atoms with Gasteiger partial charge in [-0.3, -0.25) is 14.0 Å². The van der Waals surface area contributed by atoms with E-state index >= 15 is 0 Å². The fourth-order valence-corrected chi connectivity index (χ4v) is 4.41. The first-order valence-corrected chi connectivity index (χ1v) is 12.0. The smallest absolute Gasteiger partial charge is 0.254 e. The van der Waals surface area contributed by atoms with Crippen molar-refractivity contribution >= 4 is 27.8 Å². The van der Waals surface area contributed by atoms with Crippen LogP contribution in [0.3, 0.4) is 0 Å². The summed E-state index contributed by atoms with van der Waals surface area (Å²) in [7, 11) is -1.03. The molecule has 1 unspecified atom stereocenters. The number of benzene rings is 2. The number of nitrogens with zero attached hydrogens (tertiary/aromatic N) is 2. The summed E-state index contributed by atoms with van der Waals surface area (Å²) in [5.74, 6) is 0.697. The summed E-state index contributed by atoms with van der Waals surface area (Å²) in [6, 6.07) is 18.9. The highest BCUT2D eigenvalue weighted by molar-refractivity contribution is 7.84. The number of aromatic nitrogens is 1. The Balaban J connectivity index is 1.51. The Bertz CT molecular complexity index is 1310. The highest BCUT2D eigenvalue weighted by atomic mass is 32.2. The molecule has 7 heteroatoms. The van der Waals surface area contributed by atoms with Crippen LogP contribution in [0.15, 0.2) is 76.2 Å². The van der Waals surface area contributed by atoms with Gasteiger partial charge in [0.1, 0.15) is 11.3 Å². The number of ether oxygens (including phenoxy) is 1. The summed E-state index contributed by atoms with van der Waals surface area (Å²) in [6.45, 7) is 2.35. The number of furan rings is 1. The number of pyridine rings is 1. The first-order chi connectivity index (χ1) is 15.6. The minimum absolute atomic E-state index is 0.00832. The molecule has 1 aliphatic rings. The van der Waals surface area contributed by atoms with Crippen LogP contribution in [0.25, 0.3) is 33.6 Å². The number of rotatable bonds is 4. The maximum Gasteiger partial charge on any atom is 0.254 e. The minimum atomic E-state index is -1.03. The first-order valence-electron chi connectivity index (χ1n) is 10.4. The molecule has 1 fully saturated rings. The number of hydrogen-bond acceptors (Lipinski definition) is 5. The van der Waals surface area contributed by atoms with E-state index in [2.05, 4.69) is 4.98 Å². The molecule has 162 valence electrons. The summed E-state index contributed by atoms with van der Waals surface area (Å²) in [5, 5.41) is 0. The lowest BCUT2D eigenvalue weighted by atomic mass is 10.0. The van der Waals surface area contributed by atoms with Crippen LogP contribution in [0.5, 0.6) is 0 Å². The van der Waals surface area contributed by atoms with Gasteiger partial charge in [-0.2, -0.15) is 0 Å². The minimum Gasteiger partial charge on any atom is -0.454 e. The zero-order chi connectivity index (χ0) is 22.1. The molecular formula is C25H22N2O4S. The van der Waals surface area contributed by atoms with E-state index in [1.807, 2.05) is 65.6 Å². The second-order valence-corrected chi connectivity index (χ2v) is 9.03. The van der Waals surface area contributed by atoms with E-state index in [1.54, 1.807) is 12.5 Å². The molecule has 4 aromatic rings. The molecule has 6 nitrogen and oxygen atoms in total. The molecule has 1 amide bonds. The average molecular weight is 447 g/mol. The van der Waals surface area contributed by atoms with Crippen LogP contribution in [0, 0.1) is 0 Å². The number of amides is 1. The summed E-state index contributed by atoms with van der Waals surface area (Å²) < 4.78 is 23.2. The Morgan fingerprint density at radius 2 is 1.78 bits per heavy atom. The molecule has 1 saturated heterocycles. The molecule has 1 aliphatic heterocycles. The van der Waals surface area contributed by atoms with Gasteiger partial charge < -0.3 is 14.1 Å². The van der Waals surface area contributed by atoms with Crippen LogP contribution in [0.4, 0.5) is 0 Å². The Morgan fingerprint density at radius 1 is 1.00 bits per heavy atom. The van der Waals surface area contributed by atoms with E-state index in [4.69, 9.17) is 9.15 Å². The van der Waals surface area contributed by atoms with Crippen molar-refractivity contribution in [3.63, 3.8) is 0 Å². The second kappa shape index (κ2) is 8.68. The van der Waals surface area contributed by atoms with E-state index < -0.39 is 10.8 Å². The summed E-state index contributed by atoms with van der Waals surface area (Å²) in [5.41, 5.74) is 4.72. The zero-order valence-corrected chi connectivity index (χ0v) is 18.4. The standard InChI is InChI=1S/C25H22N2O4S/c1-32(29)20-7-5-17(6-8-20)23-16-22-24(31-23)21(9-10-26-22)18-3-2-4-19(15-18)25(28)27-11-13-30-14-12-27/h2-10,15-16H,11-14H2,1H3. The van der Waals surface area contributed by atoms with E-state index in [-0.39, 0.29) is 5.91 Å². The van der Waals surface area contributed by atoms with Crippen molar-refractivity contribution in [1.29, 1.82) is 0 Å². The average Bonchev–Trinajstić information content (AvgIpc) is 3.29. The van der Waals surface area contributed by atoms with Crippen molar-refractivity contribution in [3.8, 4) is 22.5 Å². The Kier molecular flexibility index (Phi) is 5.59. The molecule has 0 saturated carbocycles. The summed E-state index contributed by atoms with van der Waals surface area (Å²) >= 11 is 0. The molecule has 3 heterocycles. The fourth-order valence-electron chi connectivity index (χ4n) is 3.89. The van der Waals surface area contributed by atoms with Crippen molar-refractivity contribution in [3.05, 3.63) is 72.4 Å². The van der Waals surface area contributed by atoms with Gasteiger partial charge in [0.25, 0.3) is 5.91 Å². The topological polar surface area (TPSA) is 72.6 Å². The number of hydrogen-bond donors (Lipinski definition) is 0. The molecule has 2 aromatic carbocycles. The van der Waals surface area contributed by atoms with Crippen LogP contribution in [0.2, 0.25) is 0 Å². The first kappa shape index (κ1) is 20.6. The largest absolute Gasteiger partial charge is 0.454 e. The van der Waals surface area contributed by atoms with Gasteiger partial charge in [0, 0.05) is 64.0 Å². The summed E-state index contributed by atoms with van der Waals surface area (Å²) in [4.78, 5) is 20.0. The quantitative estimate of drug-likeness (QED) is 0.465. The van der Waals surface area contributed by atoms with Gasteiger partial charge >= 0.3 is 0 Å².